The molecule has 1 aliphatic heterocycles. The lowest BCUT2D eigenvalue weighted by Gasteiger charge is -2.25. The number of ether oxygens (including phenoxy) is 1. The summed E-state index contributed by atoms with van der Waals surface area (Å²) in [5.74, 6) is 0.545. The number of rotatable bonds is 5. The highest BCUT2D eigenvalue weighted by molar-refractivity contribution is 7.15. The maximum Gasteiger partial charge on any atom is 0.293 e. The number of methoxy groups -OCH3 is 1. The fourth-order valence-electron chi connectivity index (χ4n) is 3.75. The van der Waals surface area contributed by atoms with E-state index < -0.39 is 0 Å². The van der Waals surface area contributed by atoms with Crippen LogP contribution in [0.3, 0.4) is 0 Å². The average molecular weight is 420 g/mol. The molecule has 0 atom stereocenters. The highest BCUT2D eigenvalue weighted by atomic mass is 32.1. The Morgan fingerprint density at radius 2 is 2.10 bits per heavy atom. The summed E-state index contributed by atoms with van der Waals surface area (Å²) >= 11 is 1.54. The lowest BCUT2D eigenvalue weighted by atomic mass is 10.1. The normalized spacial score (nSPS) is 13.9. The minimum atomic E-state index is -0.305. The van der Waals surface area contributed by atoms with Gasteiger partial charge in [0, 0.05) is 36.3 Å². The first kappa shape index (κ1) is 18.8. The van der Waals surface area contributed by atoms with Gasteiger partial charge in [-0.15, -0.1) is 11.3 Å². The van der Waals surface area contributed by atoms with Crippen LogP contribution >= 0.6 is 11.3 Å². The van der Waals surface area contributed by atoms with Crippen LogP contribution in [0, 0.1) is 0 Å². The van der Waals surface area contributed by atoms with Gasteiger partial charge in [0.25, 0.3) is 5.91 Å². The van der Waals surface area contributed by atoms with Crippen LogP contribution in [0.1, 0.15) is 26.7 Å². The molecule has 0 unspecified atom stereocenters. The second-order valence-electron chi connectivity index (χ2n) is 7.28. The van der Waals surface area contributed by atoms with Crippen LogP contribution in [0.25, 0.3) is 11.0 Å². The summed E-state index contributed by atoms with van der Waals surface area (Å²) in [4.78, 5) is 21.0. The lowest BCUT2D eigenvalue weighted by Crippen LogP contribution is -2.29. The maximum absolute atomic E-state index is 12.7. The molecule has 0 fully saturated rings. The summed E-state index contributed by atoms with van der Waals surface area (Å²) in [6, 6.07) is 17.8. The van der Waals surface area contributed by atoms with E-state index >= 15 is 0 Å². The Morgan fingerprint density at radius 3 is 2.93 bits per heavy atom. The van der Waals surface area contributed by atoms with Gasteiger partial charge in [0.1, 0.15) is 0 Å². The molecule has 0 bridgehead atoms. The van der Waals surface area contributed by atoms with Crippen molar-refractivity contribution in [3.8, 4) is 5.75 Å². The first-order chi connectivity index (χ1) is 14.7. The molecule has 0 spiro atoms. The largest absolute Gasteiger partial charge is 0.493 e. The number of nitrogens with zero attached hydrogens (tertiary/aromatic N) is 2. The highest BCUT2D eigenvalue weighted by Crippen LogP contribution is 2.31. The lowest BCUT2D eigenvalue weighted by molar-refractivity contribution is 0.0998. The van der Waals surface area contributed by atoms with E-state index in [1.165, 1.54) is 21.8 Å². The third kappa shape index (κ3) is 3.69. The smallest absolute Gasteiger partial charge is 0.293 e. The van der Waals surface area contributed by atoms with Gasteiger partial charge in [-0.25, -0.2) is 4.98 Å². The number of thiazole rings is 1. The number of carbonyl (C=O) groups excluding carboxylic acids is 1. The quantitative estimate of drug-likeness (QED) is 0.507. The van der Waals surface area contributed by atoms with Crippen LogP contribution in [0.4, 0.5) is 5.13 Å². The Balaban J connectivity index is 1.29. The first-order valence-electron chi connectivity index (χ1n) is 9.82. The maximum atomic E-state index is 12.7. The van der Waals surface area contributed by atoms with Crippen molar-refractivity contribution in [2.75, 3.05) is 19.0 Å². The highest BCUT2D eigenvalue weighted by Gasteiger charge is 2.22. The summed E-state index contributed by atoms with van der Waals surface area (Å²) in [5, 5.41) is 4.33. The van der Waals surface area contributed by atoms with Crippen molar-refractivity contribution < 1.29 is 13.9 Å². The Bertz CT molecular complexity index is 1200. The number of amides is 1. The molecule has 152 valence electrons. The number of nitrogens with one attached hydrogen (secondary N) is 1. The Hall–Kier alpha value is -3.16. The number of fused-ring (bicyclic) bond motifs is 2. The van der Waals surface area contributed by atoms with Crippen molar-refractivity contribution in [2.45, 2.75) is 19.5 Å². The van der Waals surface area contributed by atoms with E-state index in [9.17, 15) is 4.79 Å². The molecular weight excluding hydrogens is 398 g/mol. The van der Waals surface area contributed by atoms with Crippen molar-refractivity contribution in [3.05, 3.63) is 76.5 Å². The summed E-state index contributed by atoms with van der Waals surface area (Å²) < 4.78 is 11.0. The summed E-state index contributed by atoms with van der Waals surface area (Å²) in [6.07, 6.45) is 0.885. The third-order valence-corrected chi connectivity index (χ3v) is 6.23. The zero-order valence-electron chi connectivity index (χ0n) is 16.6. The van der Waals surface area contributed by atoms with Gasteiger partial charge in [-0.2, -0.15) is 0 Å². The van der Waals surface area contributed by atoms with Crippen LogP contribution in [0.15, 0.2) is 59.0 Å². The Morgan fingerprint density at radius 1 is 1.23 bits per heavy atom. The number of furan rings is 1. The number of hydrogen-bond donors (Lipinski definition) is 1. The molecule has 1 aliphatic rings. The van der Waals surface area contributed by atoms with Crippen LogP contribution in [-0.2, 0) is 19.5 Å². The fourth-order valence-corrected chi connectivity index (χ4v) is 4.79. The molecule has 2 aromatic heterocycles. The van der Waals surface area contributed by atoms with E-state index in [0.29, 0.717) is 16.5 Å². The van der Waals surface area contributed by atoms with Crippen LogP contribution < -0.4 is 10.1 Å². The van der Waals surface area contributed by atoms with E-state index in [-0.39, 0.29) is 11.7 Å². The molecule has 4 aromatic rings. The molecule has 6 nitrogen and oxygen atoms in total. The predicted molar refractivity (Wildman–Crippen MR) is 117 cm³/mol. The van der Waals surface area contributed by atoms with E-state index in [4.69, 9.17) is 9.15 Å². The number of carbonyl (C=O) groups is 1. The third-order valence-electron chi connectivity index (χ3n) is 5.23. The SMILES string of the molecule is COc1cccc2cc(C(=O)Nc3nc4c(s3)CN(Cc3ccccc3)CC4)oc12. The van der Waals surface area contributed by atoms with Gasteiger partial charge in [0.05, 0.1) is 12.8 Å². The molecule has 5 rings (SSSR count). The molecular formula is C23H21N3O3S. The van der Waals surface area contributed by atoms with Gasteiger partial charge in [0.2, 0.25) is 0 Å². The van der Waals surface area contributed by atoms with Crippen molar-refractivity contribution in [2.24, 2.45) is 0 Å². The van der Waals surface area contributed by atoms with Gasteiger partial charge in [-0.3, -0.25) is 15.0 Å². The molecule has 1 amide bonds. The molecule has 2 aromatic carbocycles. The molecule has 0 saturated heterocycles. The second kappa shape index (κ2) is 7.93. The number of para-hydroxylation sites is 1. The van der Waals surface area contributed by atoms with Crippen molar-refractivity contribution >= 4 is 33.3 Å². The zero-order chi connectivity index (χ0) is 20.5. The topological polar surface area (TPSA) is 67.6 Å². The summed E-state index contributed by atoms with van der Waals surface area (Å²) in [5.41, 5.74) is 2.95. The van der Waals surface area contributed by atoms with Gasteiger partial charge in [0.15, 0.2) is 22.2 Å². The van der Waals surface area contributed by atoms with Gasteiger partial charge < -0.3 is 9.15 Å². The number of hydrogen-bond acceptors (Lipinski definition) is 6. The van der Waals surface area contributed by atoms with E-state index in [2.05, 4.69) is 39.5 Å². The van der Waals surface area contributed by atoms with Gasteiger partial charge >= 0.3 is 0 Å². The van der Waals surface area contributed by atoms with Crippen molar-refractivity contribution in [1.29, 1.82) is 0 Å². The van der Waals surface area contributed by atoms with Crippen molar-refractivity contribution in [3.63, 3.8) is 0 Å². The molecule has 0 radical (unpaired) electrons. The zero-order valence-corrected chi connectivity index (χ0v) is 17.4. The van der Waals surface area contributed by atoms with Crippen LogP contribution in [-0.4, -0.2) is 29.4 Å². The number of aromatic nitrogens is 1. The summed E-state index contributed by atoms with van der Waals surface area (Å²) in [6.45, 7) is 2.72. The summed E-state index contributed by atoms with van der Waals surface area (Å²) in [7, 11) is 1.58. The van der Waals surface area contributed by atoms with E-state index in [1.54, 1.807) is 13.2 Å². The van der Waals surface area contributed by atoms with Gasteiger partial charge in [-0.05, 0) is 17.7 Å². The van der Waals surface area contributed by atoms with Crippen LogP contribution in [0.2, 0.25) is 0 Å². The molecule has 30 heavy (non-hydrogen) atoms. The van der Waals surface area contributed by atoms with Gasteiger partial charge in [-0.1, -0.05) is 42.5 Å². The molecule has 0 aliphatic carbocycles. The fraction of sp³-hybridized carbons (Fsp3) is 0.217. The molecule has 7 heteroatoms. The monoisotopic (exact) mass is 419 g/mol. The molecule has 3 heterocycles. The number of anilines is 1. The minimum Gasteiger partial charge on any atom is -0.493 e. The van der Waals surface area contributed by atoms with E-state index in [1.807, 2.05) is 24.3 Å². The predicted octanol–water partition coefficient (Wildman–Crippen LogP) is 4.71. The minimum absolute atomic E-state index is 0.244. The first-order valence-corrected chi connectivity index (χ1v) is 10.6. The standard InChI is InChI=1S/C23H21N3O3S/c1-28-18-9-5-8-16-12-19(29-21(16)18)22(27)25-23-24-17-10-11-26(14-20(17)30-23)13-15-6-3-2-4-7-15/h2-9,12H,10-11,13-14H2,1H3,(H,24,25,27). The van der Waals surface area contributed by atoms with E-state index in [0.717, 1.165) is 37.1 Å². The Labute approximate surface area is 178 Å². The van der Waals surface area contributed by atoms with Crippen molar-refractivity contribution in [1.82, 2.24) is 9.88 Å². The van der Waals surface area contributed by atoms with Crippen LogP contribution in [0.5, 0.6) is 5.75 Å². The average Bonchev–Trinajstić information content (AvgIpc) is 3.37. The Kier molecular flexibility index (Phi) is 4.98. The molecule has 0 saturated carbocycles. The second-order valence-corrected chi connectivity index (χ2v) is 8.36. The number of benzene rings is 2. The molecule has 1 N–H and O–H groups in total.